The van der Waals surface area contributed by atoms with Crippen LogP contribution in [0.25, 0.3) is 0 Å². The van der Waals surface area contributed by atoms with Crippen molar-refractivity contribution in [3.8, 4) is 0 Å². The molecule has 3 rings (SSSR count). The summed E-state index contributed by atoms with van der Waals surface area (Å²) in [5.41, 5.74) is 0. The van der Waals surface area contributed by atoms with Gasteiger partial charge in [0, 0.05) is 10.6 Å². The van der Waals surface area contributed by atoms with E-state index in [0.717, 1.165) is 12.3 Å². The number of benzene rings is 1. The monoisotopic (exact) mass is 302 g/mol. The van der Waals surface area contributed by atoms with Crippen LogP contribution in [0.3, 0.4) is 0 Å². The smallest absolute Gasteiger partial charge is 0.240 e. The minimum Gasteiger partial charge on any atom is -0.240 e. The molecule has 0 unspecified atom stereocenters. The van der Waals surface area contributed by atoms with E-state index in [4.69, 9.17) is 0 Å². The van der Waals surface area contributed by atoms with Crippen LogP contribution in [0.15, 0.2) is 53.9 Å². The molecule has 1 aliphatic rings. The van der Waals surface area contributed by atoms with Gasteiger partial charge in [-0.1, -0.05) is 18.2 Å². The first-order valence-corrected chi connectivity index (χ1v) is 8.76. The molecule has 1 fully saturated rings. The molecular formula is C17H24N3S+. The van der Waals surface area contributed by atoms with E-state index in [1.807, 2.05) is 11.8 Å². The number of hydrogen-bond acceptors (Lipinski definition) is 2. The third kappa shape index (κ3) is 3.43. The maximum Gasteiger partial charge on any atom is 0.267 e. The lowest BCUT2D eigenvalue weighted by molar-refractivity contribution is -0.715. The first kappa shape index (κ1) is 14.5. The van der Waals surface area contributed by atoms with Crippen molar-refractivity contribution >= 4 is 11.8 Å². The number of rotatable bonds is 5. The van der Waals surface area contributed by atoms with Crippen LogP contribution in [0.1, 0.15) is 32.7 Å². The lowest BCUT2D eigenvalue weighted by Gasteiger charge is -2.22. The molecular weight excluding hydrogens is 278 g/mol. The van der Waals surface area contributed by atoms with Crippen LogP contribution in [0.5, 0.6) is 0 Å². The standard InChI is InChI=1S/C17H24N3S/c1-15(2)18-11-12-19(14-18)20-10-6-7-16(20)13-21-17-8-4-3-5-9-17/h3-5,8-9,11-12,14-16H,6-7,10,13H2,1-2H3/q+1/t16-/m0/s1. The number of aromatic nitrogens is 2. The molecule has 0 radical (unpaired) electrons. The summed E-state index contributed by atoms with van der Waals surface area (Å²) in [7, 11) is 0. The van der Waals surface area contributed by atoms with Crippen LogP contribution in [0.4, 0.5) is 0 Å². The summed E-state index contributed by atoms with van der Waals surface area (Å²) in [6.07, 6.45) is 9.16. The third-order valence-electron chi connectivity index (χ3n) is 4.07. The Balaban J connectivity index is 1.64. The van der Waals surface area contributed by atoms with Crippen LogP contribution < -0.4 is 9.58 Å². The Morgan fingerprint density at radius 1 is 1.29 bits per heavy atom. The van der Waals surface area contributed by atoms with E-state index in [2.05, 4.69) is 77.2 Å². The van der Waals surface area contributed by atoms with Crippen LogP contribution >= 0.6 is 11.8 Å². The Kier molecular flexibility index (Phi) is 4.54. The van der Waals surface area contributed by atoms with Gasteiger partial charge in [-0.2, -0.15) is 0 Å². The highest BCUT2D eigenvalue weighted by Gasteiger charge is 2.28. The van der Waals surface area contributed by atoms with E-state index in [-0.39, 0.29) is 0 Å². The highest BCUT2D eigenvalue weighted by atomic mass is 32.2. The van der Waals surface area contributed by atoms with Crippen LogP contribution in [0.2, 0.25) is 0 Å². The minimum absolute atomic E-state index is 0.519. The van der Waals surface area contributed by atoms with Gasteiger partial charge in [0.2, 0.25) is 0 Å². The van der Waals surface area contributed by atoms with Gasteiger partial charge >= 0.3 is 0 Å². The zero-order valence-corrected chi connectivity index (χ0v) is 13.7. The van der Waals surface area contributed by atoms with Crippen LogP contribution in [-0.4, -0.2) is 23.0 Å². The molecule has 0 saturated carbocycles. The maximum atomic E-state index is 2.51. The van der Waals surface area contributed by atoms with Crippen LogP contribution in [-0.2, 0) is 0 Å². The number of imidazole rings is 1. The van der Waals surface area contributed by atoms with E-state index < -0.39 is 0 Å². The summed E-state index contributed by atoms with van der Waals surface area (Å²) in [5, 5.41) is 2.51. The zero-order chi connectivity index (χ0) is 14.7. The summed E-state index contributed by atoms with van der Waals surface area (Å²) in [5.74, 6) is 1.16. The molecule has 0 spiro atoms. The molecule has 1 aromatic carbocycles. The second-order valence-electron chi connectivity index (χ2n) is 5.92. The Hall–Kier alpha value is -1.42. The molecule has 1 saturated heterocycles. The second-order valence-corrected chi connectivity index (χ2v) is 7.01. The fourth-order valence-electron chi connectivity index (χ4n) is 2.82. The maximum absolute atomic E-state index is 2.51. The molecule has 112 valence electrons. The molecule has 1 aliphatic heterocycles. The molecule has 3 nitrogen and oxygen atoms in total. The Bertz CT molecular complexity index is 564. The quantitative estimate of drug-likeness (QED) is 0.621. The fourth-order valence-corrected chi connectivity index (χ4v) is 3.89. The number of thioether (sulfide) groups is 1. The Morgan fingerprint density at radius 2 is 2.10 bits per heavy atom. The van der Waals surface area contributed by atoms with Crippen molar-refractivity contribution in [2.45, 2.75) is 43.7 Å². The van der Waals surface area contributed by atoms with Crippen molar-refractivity contribution in [3.05, 3.63) is 49.1 Å². The number of hydrogen-bond donors (Lipinski definition) is 0. The van der Waals surface area contributed by atoms with Gasteiger partial charge in [-0.15, -0.1) is 16.4 Å². The predicted molar refractivity (Wildman–Crippen MR) is 88.3 cm³/mol. The highest BCUT2D eigenvalue weighted by Crippen LogP contribution is 2.24. The Morgan fingerprint density at radius 3 is 2.81 bits per heavy atom. The van der Waals surface area contributed by atoms with Gasteiger partial charge in [0.05, 0.1) is 18.6 Å². The summed E-state index contributed by atoms with van der Waals surface area (Å²) in [6.45, 7) is 5.60. The van der Waals surface area contributed by atoms with E-state index in [0.29, 0.717) is 12.1 Å². The zero-order valence-electron chi connectivity index (χ0n) is 12.9. The molecule has 0 N–H and O–H groups in total. The average molecular weight is 302 g/mol. The SMILES string of the molecule is CC(C)[n+]1ccn(N2CCC[C@H]2CSc2ccccc2)c1. The molecule has 0 bridgehead atoms. The fraction of sp³-hybridized carbons (Fsp3) is 0.471. The van der Waals surface area contributed by atoms with Crippen molar-refractivity contribution < 1.29 is 4.57 Å². The second kappa shape index (κ2) is 6.56. The lowest BCUT2D eigenvalue weighted by atomic mass is 10.2. The van der Waals surface area contributed by atoms with Crippen molar-refractivity contribution in [2.24, 2.45) is 0 Å². The first-order chi connectivity index (χ1) is 10.2. The predicted octanol–water partition coefficient (Wildman–Crippen LogP) is 3.25. The third-order valence-corrected chi connectivity index (χ3v) is 5.22. The van der Waals surface area contributed by atoms with Crippen molar-refractivity contribution in [1.82, 2.24) is 4.68 Å². The lowest BCUT2D eigenvalue weighted by Crippen LogP contribution is -2.42. The highest BCUT2D eigenvalue weighted by molar-refractivity contribution is 7.99. The van der Waals surface area contributed by atoms with Gasteiger partial charge in [-0.3, -0.25) is 0 Å². The molecule has 1 aromatic heterocycles. The summed E-state index contributed by atoms with van der Waals surface area (Å²) in [6, 6.07) is 11.9. The minimum atomic E-state index is 0.519. The van der Waals surface area contributed by atoms with Gasteiger partial charge in [0.15, 0.2) is 6.20 Å². The van der Waals surface area contributed by atoms with Crippen molar-refractivity contribution in [1.29, 1.82) is 0 Å². The summed E-state index contributed by atoms with van der Waals surface area (Å²) in [4.78, 5) is 1.37. The summed E-state index contributed by atoms with van der Waals surface area (Å²) >= 11 is 1.97. The summed E-state index contributed by atoms with van der Waals surface area (Å²) < 4.78 is 4.54. The molecule has 2 aromatic rings. The van der Waals surface area contributed by atoms with Gasteiger partial charge in [-0.25, -0.2) is 9.58 Å². The van der Waals surface area contributed by atoms with E-state index in [1.165, 1.54) is 17.7 Å². The Labute approximate surface area is 131 Å². The van der Waals surface area contributed by atoms with E-state index >= 15 is 0 Å². The molecule has 0 aliphatic carbocycles. The number of nitrogens with zero attached hydrogens (tertiary/aromatic N) is 3. The van der Waals surface area contributed by atoms with Gasteiger partial charge in [0.1, 0.15) is 6.20 Å². The molecule has 2 heterocycles. The van der Waals surface area contributed by atoms with Gasteiger partial charge < -0.3 is 0 Å². The average Bonchev–Trinajstić information content (AvgIpc) is 3.15. The van der Waals surface area contributed by atoms with Gasteiger partial charge in [-0.05, 0) is 38.8 Å². The molecule has 4 heteroatoms. The normalized spacial score (nSPS) is 18.6. The van der Waals surface area contributed by atoms with Gasteiger partial charge in [0.25, 0.3) is 6.33 Å². The largest absolute Gasteiger partial charge is 0.267 e. The molecule has 1 atom stereocenters. The van der Waals surface area contributed by atoms with E-state index in [9.17, 15) is 0 Å². The first-order valence-electron chi connectivity index (χ1n) is 7.77. The molecule has 21 heavy (non-hydrogen) atoms. The van der Waals surface area contributed by atoms with Crippen molar-refractivity contribution in [2.75, 3.05) is 17.3 Å². The molecule has 0 amide bonds. The van der Waals surface area contributed by atoms with E-state index in [1.54, 1.807) is 0 Å². The van der Waals surface area contributed by atoms with Crippen LogP contribution in [0, 0.1) is 0 Å². The van der Waals surface area contributed by atoms with Crippen molar-refractivity contribution in [3.63, 3.8) is 0 Å². The topological polar surface area (TPSA) is 12.0 Å².